The van der Waals surface area contributed by atoms with E-state index in [1.165, 1.54) is 62.6 Å². The Balaban J connectivity index is 1.47. The fourth-order valence-electron chi connectivity index (χ4n) is 4.27. The van der Waals surface area contributed by atoms with Gasteiger partial charge < -0.3 is 10.1 Å². The Hall–Kier alpha value is -1.35. The van der Waals surface area contributed by atoms with E-state index in [4.69, 9.17) is 4.74 Å². The predicted octanol–water partition coefficient (Wildman–Crippen LogP) is 4.09. The van der Waals surface area contributed by atoms with Crippen LogP contribution in [0.4, 0.5) is 0 Å². The monoisotopic (exact) mass is 298 g/mol. The maximum absolute atomic E-state index is 6.10. The summed E-state index contributed by atoms with van der Waals surface area (Å²) in [5.41, 5.74) is 3.10. The molecule has 0 bridgehead atoms. The third-order valence-corrected chi connectivity index (χ3v) is 5.63. The maximum atomic E-state index is 6.10. The van der Waals surface area contributed by atoms with Crippen LogP contribution in [0.1, 0.15) is 63.4 Å². The second-order valence-corrected chi connectivity index (χ2v) is 7.18. The zero-order chi connectivity index (χ0) is 14.8. The van der Waals surface area contributed by atoms with E-state index in [1.54, 1.807) is 0 Å². The van der Waals surface area contributed by atoms with Crippen molar-refractivity contribution in [1.82, 2.24) is 10.3 Å². The lowest BCUT2D eigenvalue weighted by Crippen LogP contribution is -2.40. The third kappa shape index (κ3) is 2.91. The van der Waals surface area contributed by atoms with Gasteiger partial charge in [-0.25, -0.2) is 0 Å². The molecule has 22 heavy (non-hydrogen) atoms. The molecule has 0 amide bonds. The van der Waals surface area contributed by atoms with Crippen molar-refractivity contribution in [2.24, 2.45) is 0 Å². The predicted molar refractivity (Wildman–Crippen MR) is 88.9 cm³/mol. The number of hydrogen-bond donors (Lipinski definition) is 1. The highest BCUT2D eigenvalue weighted by Crippen LogP contribution is 2.38. The first-order valence-corrected chi connectivity index (χ1v) is 8.89. The van der Waals surface area contributed by atoms with E-state index in [2.05, 4.69) is 22.4 Å². The molecule has 3 aliphatic rings. The highest BCUT2D eigenvalue weighted by atomic mass is 16.5. The Morgan fingerprint density at radius 1 is 1.14 bits per heavy atom. The molecule has 0 aromatic carbocycles. The highest BCUT2D eigenvalue weighted by Gasteiger charge is 2.34. The molecule has 1 unspecified atom stereocenters. The molecule has 3 nitrogen and oxygen atoms in total. The lowest BCUT2D eigenvalue weighted by Gasteiger charge is -2.33. The Bertz CT molecular complexity index is 554. The van der Waals surface area contributed by atoms with Crippen molar-refractivity contribution in [3.05, 3.63) is 30.1 Å². The summed E-state index contributed by atoms with van der Waals surface area (Å²) in [7, 11) is 0. The van der Waals surface area contributed by atoms with Crippen molar-refractivity contribution < 1.29 is 4.74 Å². The van der Waals surface area contributed by atoms with Crippen molar-refractivity contribution in [2.45, 2.75) is 69.4 Å². The first kappa shape index (κ1) is 14.3. The minimum atomic E-state index is 0.398. The van der Waals surface area contributed by atoms with Gasteiger partial charge in [0.2, 0.25) is 0 Å². The lowest BCUT2D eigenvalue weighted by molar-refractivity contribution is 0.209. The summed E-state index contributed by atoms with van der Waals surface area (Å²) < 4.78 is 6.10. The summed E-state index contributed by atoms with van der Waals surface area (Å²) in [6.07, 6.45) is 17.9. The number of pyridine rings is 1. The molecular formula is C19H26N2O. The van der Waals surface area contributed by atoms with Gasteiger partial charge in [-0.15, -0.1) is 0 Å². The summed E-state index contributed by atoms with van der Waals surface area (Å²) in [6.45, 7) is 1.19. The van der Waals surface area contributed by atoms with E-state index in [-0.39, 0.29) is 0 Å². The summed E-state index contributed by atoms with van der Waals surface area (Å²) >= 11 is 0. The number of nitrogens with one attached hydrogen (secondary N) is 1. The molecule has 0 radical (unpaired) electrons. The first-order valence-electron chi connectivity index (χ1n) is 8.89. The van der Waals surface area contributed by atoms with Crippen LogP contribution in [0.15, 0.2) is 24.5 Å². The second kappa shape index (κ2) is 6.04. The fourth-order valence-corrected chi connectivity index (χ4v) is 4.27. The zero-order valence-electron chi connectivity index (χ0n) is 13.3. The quantitative estimate of drug-likeness (QED) is 0.912. The molecule has 1 atom stereocenters. The lowest BCUT2D eigenvalue weighted by atomic mass is 9.80. The van der Waals surface area contributed by atoms with Crippen LogP contribution < -0.4 is 10.1 Å². The van der Waals surface area contributed by atoms with Gasteiger partial charge in [0.25, 0.3) is 0 Å². The SMILES string of the molecule is C1=C(c2cncc(OC3CCCC3)c2)CCC2(C1)CCCN2. The first-order chi connectivity index (χ1) is 10.8. The average molecular weight is 298 g/mol. The molecule has 1 saturated carbocycles. The maximum Gasteiger partial charge on any atom is 0.138 e. The molecule has 2 heterocycles. The van der Waals surface area contributed by atoms with E-state index < -0.39 is 0 Å². The van der Waals surface area contributed by atoms with Crippen molar-refractivity contribution in [1.29, 1.82) is 0 Å². The van der Waals surface area contributed by atoms with Crippen LogP contribution >= 0.6 is 0 Å². The van der Waals surface area contributed by atoms with Crippen molar-refractivity contribution in [2.75, 3.05) is 6.54 Å². The number of nitrogens with zero attached hydrogens (tertiary/aromatic N) is 1. The fraction of sp³-hybridized carbons (Fsp3) is 0.632. The molecule has 1 spiro atoms. The molecule has 118 valence electrons. The molecule has 2 fully saturated rings. The highest BCUT2D eigenvalue weighted by molar-refractivity contribution is 5.67. The Kier molecular flexibility index (Phi) is 3.91. The molecule has 1 saturated heterocycles. The summed E-state index contributed by atoms with van der Waals surface area (Å²) in [4.78, 5) is 4.41. The molecule has 3 heteroatoms. The molecule has 2 aliphatic carbocycles. The normalized spacial score (nSPS) is 29.0. The number of hydrogen-bond acceptors (Lipinski definition) is 3. The van der Waals surface area contributed by atoms with E-state index in [0.717, 1.165) is 18.6 Å². The van der Waals surface area contributed by atoms with Gasteiger partial charge in [-0.2, -0.15) is 0 Å². The van der Waals surface area contributed by atoms with Crippen molar-refractivity contribution in [3.8, 4) is 5.75 Å². The van der Waals surface area contributed by atoms with Gasteiger partial charge in [0.05, 0.1) is 12.3 Å². The third-order valence-electron chi connectivity index (χ3n) is 5.63. The summed E-state index contributed by atoms with van der Waals surface area (Å²) in [5.74, 6) is 0.949. The van der Waals surface area contributed by atoms with Crippen LogP contribution in [0.5, 0.6) is 5.75 Å². The van der Waals surface area contributed by atoms with E-state index in [9.17, 15) is 0 Å². The van der Waals surface area contributed by atoms with Gasteiger partial charge in [-0.3, -0.25) is 4.98 Å². The second-order valence-electron chi connectivity index (χ2n) is 7.18. The minimum absolute atomic E-state index is 0.398. The summed E-state index contributed by atoms with van der Waals surface area (Å²) in [5, 5.41) is 3.72. The van der Waals surface area contributed by atoms with E-state index in [0.29, 0.717) is 11.6 Å². The van der Waals surface area contributed by atoms with Crippen LogP contribution in [0.2, 0.25) is 0 Å². The number of aromatic nitrogens is 1. The van der Waals surface area contributed by atoms with Gasteiger partial charge in [0, 0.05) is 11.7 Å². The topological polar surface area (TPSA) is 34.1 Å². The van der Waals surface area contributed by atoms with Crippen molar-refractivity contribution >= 4 is 5.57 Å². The Morgan fingerprint density at radius 2 is 2.05 bits per heavy atom. The van der Waals surface area contributed by atoms with Gasteiger partial charge >= 0.3 is 0 Å². The van der Waals surface area contributed by atoms with Crippen LogP contribution in [0, 0.1) is 0 Å². The van der Waals surface area contributed by atoms with Gasteiger partial charge in [0.1, 0.15) is 5.75 Å². The molecule has 4 rings (SSSR count). The number of rotatable bonds is 3. The van der Waals surface area contributed by atoms with Gasteiger partial charge in [-0.05, 0) is 81.5 Å². The Morgan fingerprint density at radius 3 is 2.77 bits per heavy atom. The Labute approximate surface area is 133 Å². The minimum Gasteiger partial charge on any atom is -0.489 e. The smallest absolute Gasteiger partial charge is 0.138 e. The summed E-state index contributed by atoms with van der Waals surface area (Å²) in [6, 6.07) is 2.19. The number of ether oxygens (including phenoxy) is 1. The standard InChI is InChI=1S/C19H26N2O/c1-2-5-17(4-1)22-18-12-16(13-20-14-18)15-6-9-19(10-7-15)8-3-11-21-19/h6,12-14,17,21H,1-5,7-11H2. The van der Waals surface area contributed by atoms with Crippen LogP contribution in [0.25, 0.3) is 5.57 Å². The molecule has 1 aromatic rings. The molecule has 1 aliphatic heterocycles. The molecule has 1 N–H and O–H groups in total. The van der Waals surface area contributed by atoms with Crippen LogP contribution in [-0.2, 0) is 0 Å². The molecule has 1 aromatic heterocycles. The largest absolute Gasteiger partial charge is 0.489 e. The van der Waals surface area contributed by atoms with Crippen molar-refractivity contribution in [3.63, 3.8) is 0 Å². The average Bonchev–Trinajstić information content (AvgIpc) is 3.21. The van der Waals surface area contributed by atoms with Crippen LogP contribution in [0.3, 0.4) is 0 Å². The van der Waals surface area contributed by atoms with Gasteiger partial charge in [-0.1, -0.05) is 6.08 Å². The van der Waals surface area contributed by atoms with E-state index in [1.807, 2.05) is 12.4 Å². The molecular weight excluding hydrogens is 272 g/mol. The van der Waals surface area contributed by atoms with Crippen LogP contribution in [-0.4, -0.2) is 23.2 Å². The van der Waals surface area contributed by atoms with E-state index >= 15 is 0 Å². The zero-order valence-corrected chi connectivity index (χ0v) is 13.3. The number of allylic oxidation sites excluding steroid dienone is 1. The van der Waals surface area contributed by atoms with Gasteiger partial charge in [0.15, 0.2) is 0 Å².